The molecule has 1 amide bonds. The van der Waals surface area contributed by atoms with Crippen LogP contribution in [-0.4, -0.2) is 15.7 Å². The molecular formula is C14H15ClN4O. The zero-order valence-electron chi connectivity index (χ0n) is 11.5. The van der Waals surface area contributed by atoms with Crippen molar-refractivity contribution >= 4 is 28.9 Å². The molecule has 1 atom stereocenters. The van der Waals surface area contributed by atoms with E-state index in [4.69, 9.17) is 11.6 Å². The second kappa shape index (κ2) is 4.52. The fourth-order valence-electron chi connectivity index (χ4n) is 2.50. The molecule has 3 rings (SSSR count). The Hall–Kier alpha value is -2.01. The Labute approximate surface area is 121 Å². The van der Waals surface area contributed by atoms with E-state index in [1.165, 1.54) is 0 Å². The summed E-state index contributed by atoms with van der Waals surface area (Å²) in [6.07, 6.45) is 0. The molecule has 0 radical (unpaired) electrons. The lowest BCUT2D eigenvalue weighted by molar-refractivity contribution is -0.116. The maximum Gasteiger partial charge on any atom is 0.251 e. The predicted molar refractivity (Wildman–Crippen MR) is 79.1 cm³/mol. The first kappa shape index (κ1) is 13.0. The predicted octanol–water partition coefficient (Wildman–Crippen LogP) is 2.80. The summed E-state index contributed by atoms with van der Waals surface area (Å²) in [4.78, 5) is 12.1. The molecule has 0 aliphatic carbocycles. The number of benzene rings is 1. The van der Waals surface area contributed by atoms with Crippen LogP contribution in [0.15, 0.2) is 18.2 Å². The van der Waals surface area contributed by atoms with Crippen molar-refractivity contribution < 1.29 is 4.79 Å². The van der Waals surface area contributed by atoms with Gasteiger partial charge < -0.3 is 10.6 Å². The number of amides is 1. The van der Waals surface area contributed by atoms with Crippen molar-refractivity contribution in [1.82, 2.24) is 9.78 Å². The lowest BCUT2D eigenvalue weighted by atomic mass is 10.1. The molecule has 20 heavy (non-hydrogen) atoms. The summed E-state index contributed by atoms with van der Waals surface area (Å²) in [6.45, 7) is 3.88. The molecule has 2 N–H and O–H groups in total. The number of fused-ring (bicyclic) bond motifs is 1. The summed E-state index contributed by atoms with van der Waals surface area (Å²) in [5, 5.41) is 11.1. The maximum atomic E-state index is 12.1. The van der Waals surface area contributed by atoms with Crippen LogP contribution in [0.5, 0.6) is 0 Å². The minimum atomic E-state index is -0.440. The molecule has 6 heteroatoms. The smallest absolute Gasteiger partial charge is 0.251 e. The Kier molecular flexibility index (Phi) is 2.94. The van der Waals surface area contributed by atoms with Crippen molar-refractivity contribution in [2.24, 2.45) is 7.05 Å². The SMILES string of the molecule is Cc1nn(C)c(C)c1NC1C(=O)Nc2ccc(Cl)cc21. The van der Waals surface area contributed by atoms with E-state index in [9.17, 15) is 4.79 Å². The van der Waals surface area contributed by atoms with Gasteiger partial charge in [0.15, 0.2) is 0 Å². The molecule has 0 saturated heterocycles. The molecule has 1 aromatic heterocycles. The average Bonchev–Trinajstić information content (AvgIpc) is 2.82. The number of halogens is 1. The molecule has 1 unspecified atom stereocenters. The fourth-order valence-corrected chi connectivity index (χ4v) is 2.68. The van der Waals surface area contributed by atoms with Gasteiger partial charge in [-0.15, -0.1) is 0 Å². The Balaban J connectivity index is 2.00. The number of nitrogens with zero attached hydrogens (tertiary/aromatic N) is 2. The van der Waals surface area contributed by atoms with Gasteiger partial charge in [0.1, 0.15) is 6.04 Å². The largest absolute Gasteiger partial charge is 0.367 e. The van der Waals surface area contributed by atoms with Gasteiger partial charge in [0.2, 0.25) is 0 Å². The molecule has 104 valence electrons. The highest BCUT2D eigenvalue weighted by atomic mass is 35.5. The van der Waals surface area contributed by atoms with E-state index >= 15 is 0 Å². The molecule has 1 aliphatic heterocycles. The third-order valence-electron chi connectivity index (χ3n) is 3.64. The number of hydrogen-bond acceptors (Lipinski definition) is 3. The topological polar surface area (TPSA) is 59.0 Å². The molecule has 0 saturated carbocycles. The van der Waals surface area contributed by atoms with Gasteiger partial charge in [0.05, 0.1) is 17.1 Å². The first-order chi connectivity index (χ1) is 9.47. The Morgan fingerprint density at radius 3 is 2.80 bits per heavy atom. The molecule has 2 aromatic rings. The highest BCUT2D eigenvalue weighted by Gasteiger charge is 2.31. The van der Waals surface area contributed by atoms with E-state index in [1.54, 1.807) is 10.7 Å². The van der Waals surface area contributed by atoms with Crippen molar-refractivity contribution in [2.45, 2.75) is 19.9 Å². The zero-order chi connectivity index (χ0) is 14.4. The summed E-state index contributed by atoms with van der Waals surface area (Å²) in [5.41, 5.74) is 4.42. The van der Waals surface area contributed by atoms with Crippen molar-refractivity contribution in [3.05, 3.63) is 40.2 Å². The van der Waals surface area contributed by atoms with Crippen LogP contribution in [0.1, 0.15) is 23.0 Å². The summed E-state index contributed by atoms with van der Waals surface area (Å²) in [6, 6.07) is 4.96. The summed E-state index contributed by atoms with van der Waals surface area (Å²) in [7, 11) is 1.88. The first-order valence-corrected chi connectivity index (χ1v) is 6.72. The zero-order valence-corrected chi connectivity index (χ0v) is 12.2. The van der Waals surface area contributed by atoms with Gasteiger partial charge in [0.25, 0.3) is 5.91 Å². The second-order valence-corrected chi connectivity index (χ2v) is 5.40. The number of aromatic nitrogens is 2. The van der Waals surface area contributed by atoms with E-state index in [0.717, 1.165) is 28.3 Å². The first-order valence-electron chi connectivity index (χ1n) is 6.34. The minimum Gasteiger partial charge on any atom is -0.367 e. The molecule has 0 spiro atoms. The van der Waals surface area contributed by atoms with E-state index in [0.29, 0.717) is 5.02 Å². The van der Waals surface area contributed by atoms with Crippen LogP contribution < -0.4 is 10.6 Å². The molecule has 0 fully saturated rings. The number of hydrogen-bond donors (Lipinski definition) is 2. The quantitative estimate of drug-likeness (QED) is 0.894. The number of aryl methyl sites for hydroxylation is 2. The third-order valence-corrected chi connectivity index (χ3v) is 3.88. The van der Waals surface area contributed by atoms with Crippen molar-refractivity contribution in [1.29, 1.82) is 0 Å². The number of nitrogens with one attached hydrogen (secondary N) is 2. The molecule has 1 aromatic carbocycles. The third kappa shape index (κ3) is 1.94. The molecular weight excluding hydrogens is 276 g/mol. The van der Waals surface area contributed by atoms with Gasteiger partial charge in [-0.25, -0.2) is 0 Å². The fraction of sp³-hybridized carbons (Fsp3) is 0.286. The van der Waals surface area contributed by atoms with Gasteiger partial charge in [-0.1, -0.05) is 11.6 Å². The number of anilines is 2. The Morgan fingerprint density at radius 2 is 2.15 bits per heavy atom. The average molecular weight is 291 g/mol. The highest BCUT2D eigenvalue weighted by molar-refractivity contribution is 6.31. The van der Waals surface area contributed by atoms with Gasteiger partial charge >= 0.3 is 0 Å². The van der Waals surface area contributed by atoms with Crippen LogP contribution in [0.25, 0.3) is 0 Å². The van der Waals surface area contributed by atoms with Crippen LogP contribution in [0.4, 0.5) is 11.4 Å². The van der Waals surface area contributed by atoms with Crippen LogP contribution in [0.3, 0.4) is 0 Å². The van der Waals surface area contributed by atoms with Crippen LogP contribution in [0, 0.1) is 13.8 Å². The van der Waals surface area contributed by atoms with Crippen molar-refractivity contribution in [2.75, 3.05) is 10.6 Å². The van der Waals surface area contributed by atoms with E-state index in [2.05, 4.69) is 15.7 Å². The normalized spacial score (nSPS) is 17.0. The summed E-state index contributed by atoms with van der Waals surface area (Å²) < 4.78 is 1.80. The standard InChI is InChI=1S/C14H15ClN4O/c1-7-12(8(2)19(3)18-7)17-13-10-6-9(15)4-5-11(10)16-14(13)20/h4-6,13,17H,1-3H3,(H,16,20). The van der Waals surface area contributed by atoms with Gasteiger partial charge in [0, 0.05) is 23.3 Å². The maximum absolute atomic E-state index is 12.1. The molecule has 1 aliphatic rings. The number of carbonyl (C=O) groups is 1. The molecule has 0 bridgehead atoms. The Bertz CT molecular complexity index is 707. The summed E-state index contributed by atoms with van der Waals surface area (Å²) >= 11 is 6.02. The van der Waals surface area contributed by atoms with E-state index < -0.39 is 6.04 Å². The highest BCUT2D eigenvalue weighted by Crippen LogP contribution is 2.36. The summed E-state index contributed by atoms with van der Waals surface area (Å²) in [5.74, 6) is -0.0788. The lowest BCUT2D eigenvalue weighted by Gasteiger charge is -2.13. The Morgan fingerprint density at radius 1 is 1.40 bits per heavy atom. The van der Waals surface area contributed by atoms with E-state index in [1.807, 2.05) is 33.0 Å². The van der Waals surface area contributed by atoms with Crippen LogP contribution >= 0.6 is 11.6 Å². The number of rotatable bonds is 2. The molecule has 5 nitrogen and oxygen atoms in total. The van der Waals surface area contributed by atoms with Gasteiger partial charge in [-0.2, -0.15) is 5.10 Å². The van der Waals surface area contributed by atoms with Gasteiger partial charge in [-0.05, 0) is 32.0 Å². The van der Waals surface area contributed by atoms with Crippen LogP contribution in [-0.2, 0) is 11.8 Å². The number of carbonyl (C=O) groups excluding carboxylic acids is 1. The van der Waals surface area contributed by atoms with Crippen molar-refractivity contribution in [3.8, 4) is 0 Å². The minimum absolute atomic E-state index is 0.0788. The second-order valence-electron chi connectivity index (χ2n) is 4.97. The lowest BCUT2D eigenvalue weighted by Crippen LogP contribution is -2.20. The monoisotopic (exact) mass is 290 g/mol. The van der Waals surface area contributed by atoms with Crippen LogP contribution in [0.2, 0.25) is 5.02 Å². The van der Waals surface area contributed by atoms with Gasteiger partial charge in [-0.3, -0.25) is 9.48 Å². The van der Waals surface area contributed by atoms with E-state index in [-0.39, 0.29) is 5.91 Å². The van der Waals surface area contributed by atoms with Crippen molar-refractivity contribution in [3.63, 3.8) is 0 Å². The molecule has 2 heterocycles.